The van der Waals surface area contributed by atoms with E-state index in [0.29, 0.717) is 12.3 Å². The summed E-state index contributed by atoms with van der Waals surface area (Å²) in [5.74, 6) is 0.178. The predicted octanol–water partition coefficient (Wildman–Crippen LogP) is 3.80. The van der Waals surface area contributed by atoms with Crippen LogP contribution in [0.4, 0.5) is 5.69 Å². The Morgan fingerprint density at radius 3 is 2.36 bits per heavy atom. The van der Waals surface area contributed by atoms with E-state index in [4.69, 9.17) is 4.74 Å². The Morgan fingerprint density at radius 2 is 1.70 bits per heavy atom. The van der Waals surface area contributed by atoms with Gasteiger partial charge in [0.15, 0.2) is 0 Å². The van der Waals surface area contributed by atoms with E-state index in [9.17, 15) is 13.2 Å². The summed E-state index contributed by atoms with van der Waals surface area (Å²) in [5, 5.41) is 3.95. The third-order valence-corrected chi connectivity index (χ3v) is 6.19. The Balaban J connectivity index is 1.57. The van der Waals surface area contributed by atoms with Crippen molar-refractivity contribution in [2.75, 3.05) is 17.1 Å². The Morgan fingerprint density at radius 1 is 1.00 bits per heavy atom. The lowest BCUT2D eigenvalue weighted by molar-refractivity contribution is -0.119. The normalized spacial score (nSPS) is 11.4. The van der Waals surface area contributed by atoms with Crippen LogP contribution in [0.3, 0.4) is 0 Å². The van der Waals surface area contributed by atoms with Crippen molar-refractivity contribution in [1.82, 2.24) is 5.43 Å². The molecule has 0 aliphatic rings. The first-order chi connectivity index (χ1) is 15.7. The highest BCUT2D eigenvalue weighted by Gasteiger charge is 2.22. The highest BCUT2D eigenvalue weighted by molar-refractivity contribution is 7.92. The summed E-state index contributed by atoms with van der Waals surface area (Å²) in [6.07, 6.45) is 2.56. The molecule has 0 atom stereocenters. The Labute approximate surface area is 194 Å². The average molecular weight is 466 g/mol. The SMILES string of the molecule is Cc1cccc(N(CC(=O)N/N=C\c2ccc(OCc3ccccc3)cc2)S(C)(=O)=O)c1C. The molecule has 3 rings (SSSR count). The summed E-state index contributed by atoms with van der Waals surface area (Å²) in [4.78, 5) is 12.4. The molecule has 0 unspecified atom stereocenters. The van der Waals surface area contributed by atoms with E-state index in [0.717, 1.165) is 38.6 Å². The van der Waals surface area contributed by atoms with E-state index in [1.807, 2.05) is 74.5 Å². The van der Waals surface area contributed by atoms with Crippen molar-refractivity contribution in [3.8, 4) is 5.75 Å². The number of carbonyl (C=O) groups excluding carboxylic acids is 1. The van der Waals surface area contributed by atoms with Gasteiger partial charge < -0.3 is 4.74 Å². The molecule has 7 nitrogen and oxygen atoms in total. The van der Waals surface area contributed by atoms with Crippen LogP contribution in [0.1, 0.15) is 22.3 Å². The molecule has 0 aromatic heterocycles. The fraction of sp³-hybridized carbons (Fsp3) is 0.200. The van der Waals surface area contributed by atoms with Crippen molar-refractivity contribution < 1.29 is 17.9 Å². The number of hydrazone groups is 1. The van der Waals surface area contributed by atoms with Crippen LogP contribution in [0, 0.1) is 13.8 Å². The average Bonchev–Trinajstić information content (AvgIpc) is 2.79. The van der Waals surface area contributed by atoms with Crippen molar-refractivity contribution in [3.63, 3.8) is 0 Å². The van der Waals surface area contributed by atoms with Gasteiger partial charge in [-0.2, -0.15) is 5.10 Å². The molecule has 0 aliphatic carbocycles. The summed E-state index contributed by atoms with van der Waals surface area (Å²) < 4.78 is 31.4. The lowest BCUT2D eigenvalue weighted by Gasteiger charge is -2.23. The molecule has 0 aliphatic heterocycles. The number of sulfonamides is 1. The Bertz CT molecular complexity index is 1220. The van der Waals surface area contributed by atoms with Crippen LogP contribution >= 0.6 is 0 Å². The lowest BCUT2D eigenvalue weighted by Crippen LogP contribution is -2.39. The van der Waals surface area contributed by atoms with E-state index in [1.165, 1.54) is 6.21 Å². The van der Waals surface area contributed by atoms with Crippen LogP contribution in [0.2, 0.25) is 0 Å². The second-order valence-corrected chi connectivity index (χ2v) is 9.53. The van der Waals surface area contributed by atoms with E-state index >= 15 is 0 Å². The maximum atomic E-state index is 12.4. The second kappa shape index (κ2) is 10.8. The molecule has 0 radical (unpaired) electrons. The van der Waals surface area contributed by atoms with Crippen LogP contribution in [0.15, 0.2) is 77.9 Å². The lowest BCUT2D eigenvalue weighted by atomic mass is 10.1. The van der Waals surface area contributed by atoms with Gasteiger partial charge in [-0.3, -0.25) is 9.10 Å². The van der Waals surface area contributed by atoms with Gasteiger partial charge >= 0.3 is 0 Å². The molecular weight excluding hydrogens is 438 g/mol. The van der Waals surface area contributed by atoms with Crippen LogP contribution < -0.4 is 14.5 Å². The molecule has 0 fully saturated rings. The second-order valence-electron chi connectivity index (χ2n) is 7.63. The minimum atomic E-state index is -3.65. The fourth-order valence-electron chi connectivity index (χ4n) is 3.12. The first-order valence-electron chi connectivity index (χ1n) is 10.4. The summed E-state index contributed by atoms with van der Waals surface area (Å²) in [7, 11) is -3.65. The Kier molecular flexibility index (Phi) is 7.84. The monoisotopic (exact) mass is 465 g/mol. The van der Waals surface area contributed by atoms with Crippen LogP contribution in [-0.2, 0) is 21.4 Å². The quantitative estimate of drug-likeness (QED) is 0.385. The van der Waals surface area contributed by atoms with Gasteiger partial charge in [0.25, 0.3) is 5.91 Å². The number of hydrogen-bond acceptors (Lipinski definition) is 5. The molecule has 0 saturated carbocycles. The number of rotatable bonds is 9. The topological polar surface area (TPSA) is 88.1 Å². The van der Waals surface area contributed by atoms with Crippen LogP contribution in [0.5, 0.6) is 5.75 Å². The van der Waals surface area contributed by atoms with Gasteiger partial charge in [0.05, 0.1) is 18.2 Å². The third kappa shape index (κ3) is 6.92. The molecule has 172 valence electrons. The predicted molar refractivity (Wildman–Crippen MR) is 131 cm³/mol. The van der Waals surface area contributed by atoms with Gasteiger partial charge in [-0.15, -0.1) is 0 Å². The van der Waals surface area contributed by atoms with E-state index in [2.05, 4.69) is 10.5 Å². The molecule has 8 heteroatoms. The van der Waals surface area contributed by atoms with Gasteiger partial charge in [-0.25, -0.2) is 13.8 Å². The van der Waals surface area contributed by atoms with Crippen molar-refractivity contribution in [1.29, 1.82) is 0 Å². The summed E-state index contributed by atoms with van der Waals surface area (Å²) in [5.41, 5.74) is 6.45. The van der Waals surface area contributed by atoms with Gasteiger partial charge in [-0.1, -0.05) is 42.5 Å². The summed E-state index contributed by atoms with van der Waals surface area (Å²) >= 11 is 0. The third-order valence-electron chi connectivity index (χ3n) is 5.06. The zero-order chi connectivity index (χ0) is 23.8. The number of benzene rings is 3. The highest BCUT2D eigenvalue weighted by Crippen LogP contribution is 2.24. The van der Waals surface area contributed by atoms with Gasteiger partial charge in [0.1, 0.15) is 18.9 Å². The van der Waals surface area contributed by atoms with Gasteiger partial charge in [-0.05, 0) is 66.4 Å². The minimum Gasteiger partial charge on any atom is -0.489 e. The summed E-state index contributed by atoms with van der Waals surface area (Å²) in [6, 6.07) is 22.5. The van der Waals surface area contributed by atoms with Crippen molar-refractivity contribution in [2.24, 2.45) is 5.10 Å². The van der Waals surface area contributed by atoms with Crippen molar-refractivity contribution >= 4 is 27.8 Å². The molecule has 1 amide bonds. The van der Waals surface area contributed by atoms with E-state index < -0.39 is 15.9 Å². The molecule has 0 bridgehead atoms. The van der Waals surface area contributed by atoms with Gasteiger partial charge in [0.2, 0.25) is 10.0 Å². The number of ether oxygens (including phenoxy) is 1. The zero-order valence-electron chi connectivity index (χ0n) is 18.9. The number of hydrogen-bond donors (Lipinski definition) is 1. The number of amides is 1. The largest absolute Gasteiger partial charge is 0.489 e. The molecule has 3 aromatic rings. The standard InChI is InChI=1S/C25H27N3O4S/c1-19-8-7-11-24(20(19)2)28(33(3,30)31)17-25(29)27-26-16-21-12-14-23(15-13-21)32-18-22-9-5-4-6-10-22/h4-16H,17-18H2,1-3H3,(H,27,29)/b26-16-. The number of anilines is 1. The smallest absolute Gasteiger partial charge is 0.260 e. The number of aryl methyl sites for hydroxylation is 1. The zero-order valence-corrected chi connectivity index (χ0v) is 19.7. The van der Waals surface area contributed by atoms with E-state index in [1.54, 1.807) is 12.1 Å². The molecule has 0 heterocycles. The number of nitrogens with zero attached hydrogens (tertiary/aromatic N) is 2. The molecule has 3 aromatic carbocycles. The minimum absolute atomic E-state index is 0.368. The number of carbonyl (C=O) groups is 1. The maximum absolute atomic E-state index is 12.4. The van der Waals surface area contributed by atoms with Gasteiger partial charge in [0, 0.05) is 0 Å². The fourth-order valence-corrected chi connectivity index (χ4v) is 4.03. The maximum Gasteiger partial charge on any atom is 0.260 e. The van der Waals surface area contributed by atoms with Crippen LogP contribution in [-0.4, -0.2) is 33.3 Å². The first kappa shape index (κ1) is 24.0. The molecule has 0 spiro atoms. The molecule has 0 saturated heterocycles. The summed E-state index contributed by atoms with van der Waals surface area (Å²) in [6.45, 7) is 3.82. The first-order valence-corrected chi connectivity index (χ1v) is 12.2. The number of nitrogens with one attached hydrogen (secondary N) is 1. The van der Waals surface area contributed by atoms with E-state index in [-0.39, 0.29) is 6.54 Å². The van der Waals surface area contributed by atoms with Crippen molar-refractivity contribution in [3.05, 3.63) is 95.1 Å². The molecular formula is C25H27N3O4S. The molecule has 33 heavy (non-hydrogen) atoms. The van der Waals surface area contributed by atoms with Crippen molar-refractivity contribution in [2.45, 2.75) is 20.5 Å². The highest BCUT2D eigenvalue weighted by atomic mass is 32.2. The Hall–Kier alpha value is -3.65. The molecule has 1 N–H and O–H groups in total. The van der Waals surface area contributed by atoms with Crippen LogP contribution in [0.25, 0.3) is 0 Å².